The molecule has 0 aliphatic rings. The van der Waals surface area contributed by atoms with Crippen LogP contribution in [0.4, 0.5) is 5.69 Å². The lowest BCUT2D eigenvalue weighted by molar-refractivity contribution is -0.120. The molecule has 0 aliphatic carbocycles. The average molecular weight is 264 g/mol. The number of anilines is 1. The van der Waals surface area contributed by atoms with Crippen LogP contribution in [0, 0.1) is 0 Å². The molecular weight excluding hydrogens is 240 g/mol. The van der Waals surface area contributed by atoms with Crippen molar-refractivity contribution in [1.82, 2.24) is 0 Å². The van der Waals surface area contributed by atoms with E-state index in [1.54, 1.807) is 6.92 Å². The summed E-state index contributed by atoms with van der Waals surface area (Å²) >= 11 is 0. The fraction of sp³-hybridized carbons (Fsp3) is 0.533. The zero-order chi connectivity index (χ0) is 14.3. The number of benzene rings is 1. The first-order chi connectivity index (χ1) is 8.99. The van der Waals surface area contributed by atoms with Crippen LogP contribution < -0.4 is 15.8 Å². The highest BCUT2D eigenvalue weighted by Crippen LogP contribution is 2.19. The largest absolute Gasteiger partial charge is 0.494 e. The first kappa shape index (κ1) is 15.5. The Hall–Kier alpha value is -1.55. The standard InChI is InChI=1S/C15H24N2O2/c1-4-9-15(3,16)14(18)17-12-7-6-8-13(11-12)19-10-5-2/h6-8,11H,4-5,9-10,16H2,1-3H3,(H,17,18). The van der Waals surface area contributed by atoms with Crippen molar-refractivity contribution in [2.45, 2.75) is 45.6 Å². The summed E-state index contributed by atoms with van der Waals surface area (Å²) in [6.07, 6.45) is 2.49. The SMILES string of the molecule is CCCOc1cccc(NC(=O)C(C)(N)CCC)c1. The molecule has 0 saturated heterocycles. The number of carbonyl (C=O) groups excluding carboxylic acids is 1. The van der Waals surface area contributed by atoms with E-state index in [2.05, 4.69) is 12.2 Å². The molecule has 0 aliphatic heterocycles. The highest BCUT2D eigenvalue weighted by molar-refractivity contribution is 5.97. The van der Waals surface area contributed by atoms with Crippen LogP contribution in [0.5, 0.6) is 5.75 Å². The van der Waals surface area contributed by atoms with E-state index < -0.39 is 5.54 Å². The Balaban J connectivity index is 2.68. The van der Waals surface area contributed by atoms with Crippen molar-refractivity contribution in [1.29, 1.82) is 0 Å². The number of hydrogen-bond acceptors (Lipinski definition) is 3. The lowest BCUT2D eigenvalue weighted by atomic mass is 9.96. The highest BCUT2D eigenvalue weighted by Gasteiger charge is 2.27. The van der Waals surface area contributed by atoms with Gasteiger partial charge in [0, 0.05) is 11.8 Å². The fourth-order valence-corrected chi connectivity index (χ4v) is 1.79. The molecule has 1 aromatic rings. The molecule has 1 atom stereocenters. The molecule has 0 aromatic heterocycles. The van der Waals surface area contributed by atoms with Crippen LogP contribution in [-0.2, 0) is 4.79 Å². The Morgan fingerprint density at radius 1 is 1.37 bits per heavy atom. The number of amides is 1. The molecule has 4 nitrogen and oxygen atoms in total. The van der Waals surface area contributed by atoms with E-state index in [9.17, 15) is 4.79 Å². The normalized spacial score (nSPS) is 13.7. The van der Waals surface area contributed by atoms with Gasteiger partial charge in [-0.05, 0) is 31.9 Å². The van der Waals surface area contributed by atoms with E-state index in [4.69, 9.17) is 10.5 Å². The molecule has 3 N–H and O–H groups in total. The zero-order valence-electron chi connectivity index (χ0n) is 12.0. The third-order valence-corrected chi connectivity index (χ3v) is 2.85. The maximum atomic E-state index is 12.1. The van der Waals surface area contributed by atoms with Gasteiger partial charge in [-0.2, -0.15) is 0 Å². The summed E-state index contributed by atoms with van der Waals surface area (Å²) in [5, 5.41) is 2.84. The maximum absolute atomic E-state index is 12.1. The quantitative estimate of drug-likeness (QED) is 0.796. The second-order valence-electron chi connectivity index (χ2n) is 5.00. The predicted octanol–water partition coefficient (Wildman–Crippen LogP) is 2.93. The number of hydrogen-bond donors (Lipinski definition) is 2. The van der Waals surface area contributed by atoms with Gasteiger partial charge in [-0.25, -0.2) is 0 Å². The monoisotopic (exact) mass is 264 g/mol. The third kappa shape index (κ3) is 4.91. The molecule has 0 fully saturated rings. The minimum atomic E-state index is -0.838. The van der Waals surface area contributed by atoms with Crippen molar-refractivity contribution >= 4 is 11.6 Å². The Morgan fingerprint density at radius 3 is 2.74 bits per heavy atom. The number of ether oxygens (including phenoxy) is 1. The van der Waals surface area contributed by atoms with Crippen molar-refractivity contribution in [3.63, 3.8) is 0 Å². The molecule has 106 valence electrons. The predicted molar refractivity (Wildman–Crippen MR) is 78.4 cm³/mol. The second-order valence-corrected chi connectivity index (χ2v) is 5.00. The molecule has 0 bridgehead atoms. The Bertz CT molecular complexity index is 416. The molecule has 1 amide bonds. The first-order valence-corrected chi connectivity index (χ1v) is 6.82. The topological polar surface area (TPSA) is 64.3 Å². The smallest absolute Gasteiger partial charge is 0.244 e. The molecule has 1 rings (SSSR count). The van der Waals surface area contributed by atoms with Crippen molar-refractivity contribution in [3.05, 3.63) is 24.3 Å². The van der Waals surface area contributed by atoms with E-state index in [-0.39, 0.29) is 5.91 Å². The van der Waals surface area contributed by atoms with Gasteiger partial charge in [-0.3, -0.25) is 4.79 Å². The van der Waals surface area contributed by atoms with E-state index in [0.717, 1.165) is 18.6 Å². The van der Waals surface area contributed by atoms with Crippen molar-refractivity contribution < 1.29 is 9.53 Å². The highest BCUT2D eigenvalue weighted by atomic mass is 16.5. The Kier molecular flexibility index (Phi) is 5.83. The molecule has 4 heteroatoms. The average Bonchev–Trinajstić information content (AvgIpc) is 2.36. The minimum Gasteiger partial charge on any atom is -0.494 e. The van der Waals surface area contributed by atoms with E-state index in [1.165, 1.54) is 0 Å². The summed E-state index contributed by atoms with van der Waals surface area (Å²) in [6, 6.07) is 7.38. The van der Waals surface area contributed by atoms with Gasteiger partial charge in [-0.1, -0.05) is 26.3 Å². The Labute approximate surface area is 115 Å². The van der Waals surface area contributed by atoms with Crippen LogP contribution in [0.2, 0.25) is 0 Å². The molecule has 0 saturated carbocycles. The van der Waals surface area contributed by atoms with Crippen LogP contribution in [0.15, 0.2) is 24.3 Å². The maximum Gasteiger partial charge on any atom is 0.244 e. The molecule has 1 aromatic carbocycles. The zero-order valence-corrected chi connectivity index (χ0v) is 12.0. The summed E-state index contributed by atoms with van der Waals surface area (Å²) in [6.45, 7) is 6.49. The van der Waals surface area contributed by atoms with Crippen molar-refractivity contribution in [2.75, 3.05) is 11.9 Å². The van der Waals surface area contributed by atoms with Crippen LogP contribution >= 0.6 is 0 Å². The summed E-state index contributed by atoms with van der Waals surface area (Å²) < 4.78 is 5.53. The van der Waals surface area contributed by atoms with Crippen LogP contribution in [-0.4, -0.2) is 18.1 Å². The van der Waals surface area contributed by atoms with E-state index in [0.29, 0.717) is 18.7 Å². The number of nitrogens with one attached hydrogen (secondary N) is 1. The van der Waals surface area contributed by atoms with Crippen LogP contribution in [0.3, 0.4) is 0 Å². The first-order valence-electron chi connectivity index (χ1n) is 6.82. The molecule has 1 unspecified atom stereocenters. The number of rotatable bonds is 7. The molecule has 0 spiro atoms. The summed E-state index contributed by atoms with van der Waals surface area (Å²) in [5.74, 6) is 0.593. The molecule has 0 radical (unpaired) electrons. The van der Waals surface area contributed by atoms with Crippen molar-refractivity contribution in [2.24, 2.45) is 5.73 Å². The van der Waals surface area contributed by atoms with Gasteiger partial charge in [0.25, 0.3) is 0 Å². The van der Waals surface area contributed by atoms with Gasteiger partial charge in [0.1, 0.15) is 5.75 Å². The Morgan fingerprint density at radius 2 is 2.11 bits per heavy atom. The minimum absolute atomic E-state index is 0.165. The van der Waals surface area contributed by atoms with Gasteiger partial charge in [-0.15, -0.1) is 0 Å². The lowest BCUT2D eigenvalue weighted by Gasteiger charge is -2.23. The van der Waals surface area contributed by atoms with Crippen LogP contribution in [0.1, 0.15) is 40.0 Å². The van der Waals surface area contributed by atoms with Gasteiger partial charge in [0.2, 0.25) is 5.91 Å². The third-order valence-electron chi connectivity index (χ3n) is 2.85. The fourth-order valence-electron chi connectivity index (χ4n) is 1.79. The number of nitrogens with two attached hydrogens (primary N) is 1. The second kappa shape index (κ2) is 7.14. The van der Waals surface area contributed by atoms with Crippen molar-refractivity contribution in [3.8, 4) is 5.75 Å². The van der Waals surface area contributed by atoms with E-state index >= 15 is 0 Å². The van der Waals surface area contributed by atoms with Crippen LogP contribution in [0.25, 0.3) is 0 Å². The molecule has 0 heterocycles. The van der Waals surface area contributed by atoms with Gasteiger partial charge in [0.15, 0.2) is 0 Å². The lowest BCUT2D eigenvalue weighted by Crippen LogP contribution is -2.48. The van der Waals surface area contributed by atoms with E-state index in [1.807, 2.05) is 31.2 Å². The summed E-state index contributed by atoms with van der Waals surface area (Å²) in [7, 11) is 0. The van der Waals surface area contributed by atoms with Gasteiger partial charge in [0.05, 0.1) is 12.1 Å². The van der Waals surface area contributed by atoms with Gasteiger partial charge < -0.3 is 15.8 Å². The van der Waals surface area contributed by atoms with Gasteiger partial charge >= 0.3 is 0 Å². The molecule has 19 heavy (non-hydrogen) atoms. The number of carbonyl (C=O) groups is 1. The summed E-state index contributed by atoms with van der Waals surface area (Å²) in [4.78, 5) is 12.1. The molecular formula is C15H24N2O2. The summed E-state index contributed by atoms with van der Waals surface area (Å²) in [5.41, 5.74) is 5.87.